The molecule has 1 fully saturated rings. The summed E-state index contributed by atoms with van der Waals surface area (Å²) in [4.78, 5) is 4.69. The van der Waals surface area contributed by atoms with Gasteiger partial charge in [0.2, 0.25) is 0 Å². The molecule has 0 saturated heterocycles. The Balaban J connectivity index is 2.04. The molecule has 16 heavy (non-hydrogen) atoms. The lowest BCUT2D eigenvalue weighted by Crippen LogP contribution is -2.20. The topological polar surface area (TPSA) is 50.9 Å². The summed E-state index contributed by atoms with van der Waals surface area (Å²) in [5.74, 6) is 1.71. The molecule has 1 atom stereocenters. The predicted molar refractivity (Wildman–Crippen MR) is 70.6 cm³/mol. The molecule has 1 aliphatic carbocycles. The van der Waals surface area contributed by atoms with Gasteiger partial charge in [-0.3, -0.25) is 0 Å². The lowest BCUT2D eigenvalue weighted by atomic mass is 10.1. The number of aromatic nitrogens is 1. The highest BCUT2D eigenvalue weighted by molar-refractivity contribution is 7.80. The molecule has 1 aromatic heterocycles. The maximum atomic E-state index is 5.66. The van der Waals surface area contributed by atoms with Crippen LogP contribution >= 0.6 is 12.2 Å². The minimum absolute atomic E-state index is 0.397. The fourth-order valence-electron chi connectivity index (χ4n) is 1.87. The van der Waals surface area contributed by atoms with Crippen molar-refractivity contribution in [1.82, 2.24) is 4.98 Å². The van der Waals surface area contributed by atoms with Gasteiger partial charge in [0.1, 0.15) is 10.8 Å². The third-order valence-corrected chi connectivity index (χ3v) is 3.06. The van der Waals surface area contributed by atoms with Gasteiger partial charge in [0.25, 0.3) is 0 Å². The number of nitrogens with two attached hydrogens (primary N) is 1. The van der Waals surface area contributed by atoms with Crippen LogP contribution in [0.2, 0.25) is 0 Å². The van der Waals surface area contributed by atoms with E-state index in [1.54, 1.807) is 6.20 Å². The second-order valence-electron chi connectivity index (χ2n) is 4.49. The Morgan fingerprint density at radius 2 is 2.44 bits per heavy atom. The maximum absolute atomic E-state index is 5.66. The highest BCUT2D eigenvalue weighted by atomic mass is 32.1. The van der Waals surface area contributed by atoms with E-state index < -0.39 is 0 Å². The lowest BCUT2D eigenvalue weighted by Gasteiger charge is -2.16. The van der Waals surface area contributed by atoms with Crippen molar-refractivity contribution < 1.29 is 0 Å². The number of nitrogens with one attached hydrogen (secondary N) is 1. The molecule has 0 spiro atoms. The number of pyridine rings is 1. The van der Waals surface area contributed by atoms with Gasteiger partial charge in [-0.25, -0.2) is 4.98 Å². The van der Waals surface area contributed by atoms with E-state index in [2.05, 4.69) is 17.2 Å². The molecule has 0 bridgehead atoms. The quantitative estimate of drug-likeness (QED) is 0.769. The Labute approximate surface area is 101 Å². The molecular formula is C12H17N3S. The number of hydrogen-bond donors (Lipinski definition) is 2. The normalized spacial score (nSPS) is 16.8. The van der Waals surface area contributed by atoms with Crippen molar-refractivity contribution in [2.24, 2.45) is 11.7 Å². The summed E-state index contributed by atoms with van der Waals surface area (Å²) in [5, 5.41) is 3.38. The molecule has 0 aromatic carbocycles. The van der Waals surface area contributed by atoms with E-state index in [1.165, 1.54) is 19.3 Å². The van der Waals surface area contributed by atoms with Crippen LogP contribution in [-0.2, 0) is 0 Å². The molecule has 0 amide bonds. The summed E-state index contributed by atoms with van der Waals surface area (Å²) in [6.45, 7) is 2.18. The van der Waals surface area contributed by atoms with Crippen molar-refractivity contribution in [3.05, 3.63) is 23.9 Å². The summed E-state index contributed by atoms with van der Waals surface area (Å²) in [6.07, 6.45) is 5.70. The van der Waals surface area contributed by atoms with Gasteiger partial charge in [-0.15, -0.1) is 0 Å². The first-order chi connectivity index (χ1) is 7.66. The third-order valence-electron chi connectivity index (χ3n) is 2.84. The van der Waals surface area contributed by atoms with Crippen molar-refractivity contribution in [1.29, 1.82) is 0 Å². The van der Waals surface area contributed by atoms with Crippen LogP contribution < -0.4 is 11.1 Å². The van der Waals surface area contributed by atoms with Crippen molar-refractivity contribution in [3.63, 3.8) is 0 Å². The van der Waals surface area contributed by atoms with Crippen LogP contribution in [-0.4, -0.2) is 16.0 Å². The highest BCUT2D eigenvalue weighted by Crippen LogP contribution is 2.34. The van der Waals surface area contributed by atoms with Crippen molar-refractivity contribution in [2.45, 2.75) is 32.2 Å². The zero-order valence-electron chi connectivity index (χ0n) is 9.44. The maximum Gasteiger partial charge on any atom is 0.136 e. The minimum atomic E-state index is 0.397. The Morgan fingerprint density at radius 1 is 1.69 bits per heavy atom. The van der Waals surface area contributed by atoms with Crippen LogP contribution in [0.25, 0.3) is 0 Å². The first-order valence-electron chi connectivity index (χ1n) is 5.68. The average Bonchev–Trinajstić information content (AvgIpc) is 3.02. The van der Waals surface area contributed by atoms with Gasteiger partial charge in [0, 0.05) is 12.2 Å². The van der Waals surface area contributed by atoms with Crippen molar-refractivity contribution >= 4 is 23.0 Å². The van der Waals surface area contributed by atoms with Crippen molar-refractivity contribution in [2.75, 3.05) is 5.32 Å². The van der Waals surface area contributed by atoms with Gasteiger partial charge in [0.15, 0.2) is 0 Å². The smallest absolute Gasteiger partial charge is 0.136 e. The molecule has 0 radical (unpaired) electrons. The highest BCUT2D eigenvalue weighted by Gasteiger charge is 2.23. The van der Waals surface area contributed by atoms with Gasteiger partial charge >= 0.3 is 0 Å². The minimum Gasteiger partial charge on any atom is -0.389 e. The fraction of sp³-hybridized carbons (Fsp3) is 0.500. The first kappa shape index (κ1) is 11.3. The molecule has 1 aliphatic rings. The second kappa shape index (κ2) is 4.78. The van der Waals surface area contributed by atoms with Gasteiger partial charge in [0.05, 0.1) is 5.56 Å². The number of hydrogen-bond acceptors (Lipinski definition) is 3. The van der Waals surface area contributed by atoms with Crippen molar-refractivity contribution in [3.8, 4) is 0 Å². The van der Waals surface area contributed by atoms with E-state index in [9.17, 15) is 0 Å². The van der Waals surface area contributed by atoms with Gasteiger partial charge in [-0.2, -0.15) is 0 Å². The summed E-state index contributed by atoms with van der Waals surface area (Å²) in [6, 6.07) is 4.18. The molecule has 2 rings (SSSR count). The molecule has 1 aromatic rings. The van der Waals surface area contributed by atoms with Gasteiger partial charge in [-0.05, 0) is 31.4 Å². The Morgan fingerprint density at radius 3 is 3.06 bits per heavy atom. The van der Waals surface area contributed by atoms with E-state index >= 15 is 0 Å². The van der Waals surface area contributed by atoms with Crippen LogP contribution in [0.4, 0.5) is 5.82 Å². The fourth-order valence-corrected chi connectivity index (χ4v) is 2.03. The summed E-state index contributed by atoms with van der Waals surface area (Å²) in [5.41, 5.74) is 6.49. The van der Waals surface area contributed by atoms with E-state index in [0.29, 0.717) is 11.0 Å². The van der Waals surface area contributed by atoms with E-state index in [1.807, 2.05) is 12.1 Å². The van der Waals surface area contributed by atoms with Crippen LogP contribution in [0.1, 0.15) is 31.7 Å². The molecule has 1 unspecified atom stereocenters. The van der Waals surface area contributed by atoms with E-state index in [4.69, 9.17) is 18.0 Å². The molecule has 3 nitrogen and oxygen atoms in total. The first-order valence-corrected chi connectivity index (χ1v) is 6.09. The molecular weight excluding hydrogens is 218 g/mol. The van der Waals surface area contributed by atoms with E-state index in [-0.39, 0.29) is 0 Å². The zero-order chi connectivity index (χ0) is 11.5. The van der Waals surface area contributed by atoms with Gasteiger partial charge < -0.3 is 11.1 Å². The summed E-state index contributed by atoms with van der Waals surface area (Å²) >= 11 is 5.00. The molecule has 86 valence electrons. The lowest BCUT2D eigenvalue weighted by molar-refractivity contribution is 0.640. The van der Waals surface area contributed by atoms with Crippen LogP contribution in [0.3, 0.4) is 0 Å². The Hall–Kier alpha value is -1.16. The van der Waals surface area contributed by atoms with Gasteiger partial charge in [-0.1, -0.05) is 25.1 Å². The number of rotatable bonds is 5. The monoisotopic (exact) mass is 235 g/mol. The molecule has 0 aliphatic heterocycles. The SMILES string of the molecule is CC(CC1CC1)Nc1ncccc1C(N)=S. The third kappa shape index (κ3) is 2.92. The van der Waals surface area contributed by atoms with E-state index in [0.717, 1.165) is 17.3 Å². The molecule has 4 heteroatoms. The number of thiocarbonyl (C=S) groups is 1. The molecule has 1 heterocycles. The number of nitrogens with zero attached hydrogens (tertiary/aromatic N) is 1. The second-order valence-corrected chi connectivity index (χ2v) is 4.93. The van der Waals surface area contributed by atoms with Crippen LogP contribution in [0, 0.1) is 5.92 Å². The molecule has 1 saturated carbocycles. The number of anilines is 1. The van der Waals surface area contributed by atoms with Crippen LogP contribution in [0.15, 0.2) is 18.3 Å². The zero-order valence-corrected chi connectivity index (χ0v) is 10.3. The molecule has 3 N–H and O–H groups in total. The standard InChI is InChI=1S/C12H17N3S/c1-8(7-9-4-5-9)15-12-10(11(13)16)3-2-6-14-12/h2-3,6,8-9H,4-5,7H2,1H3,(H2,13,16)(H,14,15). The summed E-state index contributed by atoms with van der Waals surface area (Å²) in [7, 11) is 0. The Kier molecular flexibility index (Phi) is 3.39. The Bertz CT molecular complexity index is 388. The van der Waals surface area contributed by atoms with Crippen LogP contribution in [0.5, 0.6) is 0 Å². The predicted octanol–water partition coefficient (Wildman–Crippen LogP) is 2.32. The average molecular weight is 235 g/mol. The summed E-state index contributed by atoms with van der Waals surface area (Å²) < 4.78 is 0. The largest absolute Gasteiger partial charge is 0.389 e.